The Labute approximate surface area is 110 Å². The van der Waals surface area contributed by atoms with E-state index in [-0.39, 0.29) is 17.9 Å². The van der Waals surface area contributed by atoms with E-state index in [9.17, 15) is 9.59 Å². The van der Waals surface area contributed by atoms with E-state index >= 15 is 0 Å². The Morgan fingerprint density at radius 1 is 1.44 bits per heavy atom. The molecular weight excluding hydrogens is 254 g/mol. The first-order chi connectivity index (χ1) is 8.49. The maximum atomic E-state index is 11.8. The second kappa shape index (κ2) is 4.98. The lowest BCUT2D eigenvalue weighted by Crippen LogP contribution is -2.29. The van der Waals surface area contributed by atoms with Gasteiger partial charge < -0.3 is 10.4 Å². The lowest BCUT2D eigenvalue weighted by atomic mass is 10.1. The number of nitrogens with one attached hydrogen (secondary N) is 1. The SMILES string of the molecule is C[C@H](NC(=O)[C@H]1C[C@H]1C(=O)O)c1cccc(Cl)c1. The average Bonchev–Trinajstić information content (AvgIpc) is 3.08. The molecule has 1 aliphatic carbocycles. The van der Waals surface area contributed by atoms with E-state index in [1.165, 1.54) is 0 Å². The molecule has 0 bridgehead atoms. The summed E-state index contributed by atoms with van der Waals surface area (Å²) in [5.41, 5.74) is 0.906. The topological polar surface area (TPSA) is 66.4 Å². The summed E-state index contributed by atoms with van der Waals surface area (Å²) >= 11 is 5.87. The molecule has 2 N–H and O–H groups in total. The number of amides is 1. The molecule has 1 fully saturated rings. The van der Waals surface area contributed by atoms with Crippen LogP contribution in [0.4, 0.5) is 0 Å². The molecule has 0 radical (unpaired) electrons. The van der Waals surface area contributed by atoms with Crippen molar-refractivity contribution in [2.24, 2.45) is 11.8 Å². The van der Waals surface area contributed by atoms with E-state index in [4.69, 9.17) is 16.7 Å². The fraction of sp³-hybridized carbons (Fsp3) is 0.385. The van der Waals surface area contributed by atoms with E-state index in [0.717, 1.165) is 5.56 Å². The zero-order chi connectivity index (χ0) is 13.3. The van der Waals surface area contributed by atoms with Gasteiger partial charge in [0.15, 0.2) is 0 Å². The van der Waals surface area contributed by atoms with Crippen LogP contribution in [0, 0.1) is 11.8 Å². The van der Waals surface area contributed by atoms with Crippen LogP contribution in [0.3, 0.4) is 0 Å². The first-order valence-corrected chi connectivity index (χ1v) is 6.15. The number of carboxylic acids is 1. The van der Waals surface area contributed by atoms with Crippen molar-refractivity contribution in [2.75, 3.05) is 0 Å². The molecule has 4 nitrogen and oxygen atoms in total. The van der Waals surface area contributed by atoms with Gasteiger partial charge in [-0.25, -0.2) is 0 Å². The number of benzene rings is 1. The molecule has 1 aromatic carbocycles. The zero-order valence-corrected chi connectivity index (χ0v) is 10.6. The van der Waals surface area contributed by atoms with Gasteiger partial charge in [0.25, 0.3) is 0 Å². The first kappa shape index (κ1) is 12.9. The summed E-state index contributed by atoms with van der Waals surface area (Å²) in [6.45, 7) is 1.85. The monoisotopic (exact) mass is 267 g/mol. The molecule has 1 amide bonds. The lowest BCUT2D eigenvalue weighted by molar-refractivity contribution is -0.140. The highest BCUT2D eigenvalue weighted by Crippen LogP contribution is 2.39. The van der Waals surface area contributed by atoms with Gasteiger partial charge >= 0.3 is 5.97 Å². The van der Waals surface area contributed by atoms with Crippen molar-refractivity contribution in [3.8, 4) is 0 Å². The van der Waals surface area contributed by atoms with Crippen LogP contribution >= 0.6 is 11.6 Å². The number of halogens is 1. The number of hydrogen-bond acceptors (Lipinski definition) is 2. The Hall–Kier alpha value is -1.55. The highest BCUT2D eigenvalue weighted by atomic mass is 35.5. The number of carbonyl (C=O) groups excluding carboxylic acids is 1. The Morgan fingerprint density at radius 3 is 2.72 bits per heavy atom. The van der Waals surface area contributed by atoms with Gasteiger partial charge in [-0.05, 0) is 31.0 Å². The molecule has 96 valence electrons. The van der Waals surface area contributed by atoms with Gasteiger partial charge in [0, 0.05) is 5.02 Å². The first-order valence-electron chi connectivity index (χ1n) is 5.77. The maximum Gasteiger partial charge on any atom is 0.307 e. The van der Waals surface area contributed by atoms with Gasteiger partial charge in [-0.1, -0.05) is 23.7 Å². The van der Waals surface area contributed by atoms with Gasteiger partial charge in [-0.3, -0.25) is 9.59 Å². The third-order valence-corrected chi connectivity index (χ3v) is 3.39. The summed E-state index contributed by atoms with van der Waals surface area (Å²) in [4.78, 5) is 22.5. The van der Waals surface area contributed by atoms with E-state index in [0.29, 0.717) is 11.4 Å². The van der Waals surface area contributed by atoms with Crippen LogP contribution < -0.4 is 5.32 Å². The highest BCUT2D eigenvalue weighted by molar-refractivity contribution is 6.30. The summed E-state index contributed by atoms with van der Waals surface area (Å²) in [7, 11) is 0. The van der Waals surface area contributed by atoms with Crippen LogP contribution in [0.15, 0.2) is 24.3 Å². The summed E-state index contributed by atoms with van der Waals surface area (Å²) in [5, 5.41) is 12.2. The summed E-state index contributed by atoms with van der Waals surface area (Å²) in [6, 6.07) is 7.07. The van der Waals surface area contributed by atoms with Gasteiger partial charge in [-0.2, -0.15) is 0 Å². The van der Waals surface area contributed by atoms with Gasteiger partial charge in [0.1, 0.15) is 0 Å². The summed E-state index contributed by atoms with van der Waals surface area (Å²) < 4.78 is 0. The molecule has 2 rings (SSSR count). The molecule has 0 unspecified atom stereocenters. The highest BCUT2D eigenvalue weighted by Gasteiger charge is 2.48. The summed E-state index contributed by atoms with van der Waals surface area (Å²) in [5.74, 6) is -2.00. The molecule has 0 spiro atoms. The van der Waals surface area contributed by atoms with Crippen molar-refractivity contribution >= 4 is 23.5 Å². The molecular formula is C13H14ClNO3. The molecule has 1 aromatic rings. The van der Waals surface area contributed by atoms with Crippen molar-refractivity contribution < 1.29 is 14.7 Å². The zero-order valence-electron chi connectivity index (χ0n) is 9.89. The van der Waals surface area contributed by atoms with E-state index in [2.05, 4.69) is 5.32 Å². The van der Waals surface area contributed by atoms with E-state index in [1.807, 2.05) is 19.1 Å². The Kier molecular flexibility index (Phi) is 3.57. The molecule has 1 saturated carbocycles. The van der Waals surface area contributed by atoms with Gasteiger partial charge in [0.05, 0.1) is 17.9 Å². The molecule has 5 heteroatoms. The predicted molar refractivity (Wildman–Crippen MR) is 67.2 cm³/mol. The quantitative estimate of drug-likeness (QED) is 0.879. The number of aliphatic carboxylic acids is 1. The van der Waals surface area contributed by atoms with Crippen molar-refractivity contribution in [2.45, 2.75) is 19.4 Å². The van der Waals surface area contributed by atoms with Crippen LogP contribution in [-0.4, -0.2) is 17.0 Å². The smallest absolute Gasteiger partial charge is 0.307 e. The second-order valence-corrected chi connectivity index (χ2v) is 5.01. The molecule has 1 aliphatic rings. The van der Waals surface area contributed by atoms with Gasteiger partial charge in [0.2, 0.25) is 5.91 Å². The van der Waals surface area contributed by atoms with E-state index in [1.54, 1.807) is 12.1 Å². The Balaban J connectivity index is 1.94. The van der Waals surface area contributed by atoms with Crippen LogP contribution in [-0.2, 0) is 9.59 Å². The number of hydrogen-bond donors (Lipinski definition) is 2. The number of rotatable bonds is 4. The van der Waals surface area contributed by atoms with E-state index < -0.39 is 11.9 Å². The van der Waals surface area contributed by atoms with Gasteiger partial charge in [-0.15, -0.1) is 0 Å². The molecule has 0 heterocycles. The van der Waals surface area contributed by atoms with Crippen LogP contribution in [0.2, 0.25) is 5.02 Å². The standard InChI is InChI=1S/C13H14ClNO3/c1-7(8-3-2-4-9(14)5-8)15-12(16)10-6-11(10)13(17)18/h2-5,7,10-11H,6H2,1H3,(H,15,16)(H,17,18)/t7-,10-,11+/m0/s1. The predicted octanol–water partition coefficient (Wildman–Crippen LogP) is 2.24. The largest absolute Gasteiger partial charge is 0.481 e. The fourth-order valence-electron chi connectivity index (χ4n) is 1.94. The Bertz CT molecular complexity index is 489. The fourth-order valence-corrected chi connectivity index (χ4v) is 2.14. The molecule has 0 aliphatic heterocycles. The minimum absolute atomic E-state index is 0.175. The molecule has 0 saturated heterocycles. The third kappa shape index (κ3) is 2.82. The summed E-state index contributed by atoms with van der Waals surface area (Å²) in [6.07, 6.45) is 0.434. The minimum atomic E-state index is -0.898. The van der Waals surface area contributed by atoms with Crippen molar-refractivity contribution in [3.63, 3.8) is 0 Å². The van der Waals surface area contributed by atoms with Crippen LogP contribution in [0.1, 0.15) is 24.9 Å². The number of carbonyl (C=O) groups is 2. The normalized spacial score (nSPS) is 23.2. The van der Waals surface area contributed by atoms with Crippen molar-refractivity contribution in [1.29, 1.82) is 0 Å². The minimum Gasteiger partial charge on any atom is -0.481 e. The van der Waals surface area contributed by atoms with Crippen molar-refractivity contribution in [1.82, 2.24) is 5.32 Å². The number of carboxylic acid groups (broad SMARTS) is 1. The molecule has 18 heavy (non-hydrogen) atoms. The lowest BCUT2D eigenvalue weighted by Gasteiger charge is -2.14. The molecule has 0 aromatic heterocycles. The van der Waals surface area contributed by atoms with Crippen LogP contribution in [0.25, 0.3) is 0 Å². The Morgan fingerprint density at radius 2 is 2.17 bits per heavy atom. The average molecular weight is 268 g/mol. The van der Waals surface area contributed by atoms with Crippen LogP contribution in [0.5, 0.6) is 0 Å². The third-order valence-electron chi connectivity index (χ3n) is 3.15. The second-order valence-electron chi connectivity index (χ2n) is 4.57. The van der Waals surface area contributed by atoms with Crippen molar-refractivity contribution in [3.05, 3.63) is 34.9 Å². The molecule has 3 atom stereocenters. The maximum absolute atomic E-state index is 11.8.